The summed E-state index contributed by atoms with van der Waals surface area (Å²) in [5.74, 6) is 0.814. The monoisotopic (exact) mass is 323 g/mol. The molecule has 0 atom stereocenters. The van der Waals surface area contributed by atoms with E-state index in [1.54, 1.807) is 36.2 Å². The third kappa shape index (κ3) is 3.22. The molecule has 0 aliphatic carbocycles. The molecule has 0 unspecified atom stereocenters. The molecule has 0 saturated carbocycles. The minimum Gasteiger partial charge on any atom is -0.497 e. The minimum atomic E-state index is -0.266. The lowest BCUT2D eigenvalue weighted by atomic mass is 10.1. The normalized spacial score (nSPS) is 10.2. The summed E-state index contributed by atoms with van der Waals surface area (Å²) in [5.41, 5.74) is 2.01. The SMILES string of the molecule is COc1ccc(OC)c(C(=O)Nc2ccc(-n3cccn3)cc2)c1. The number of benzene rings is 2. The molecular formula is C18H17N3O3. The van der Waals surface area contributed by atoms with E-state index >= 15 is 0 Å². The van der Waals surface area contributed by atoms with Gasteiger partial charge in [-0.2, -0.15) is 5.10 Å². The van der Waals surface area contributed by atoms with E-state index in [1.807, 2.05) is 36.5 Å². The summed E-state index contributed by atoms with van der Waals surface area (Å²) in [4.78, 5) is 12.5. The van der Waals surface area contributed by atoms with Crippen LogP contribution in [0.4, 0.5) is 5.69 Å². The highest BCUT2D eigenvalue weighted by Gasteiger charge is 2.14. The molecular weight excluding hydrogens is 306 g/mol. The number of nitrogens with one attached hydrogen (secondary N) is 1. The van der Waals surface area contributed by atoms with Gasteiger partial charge in [-0.05, 0) is 48.5 Å². The van der Waals surface area contributed by atoms with Crippen LogP contribution in [0.3, 0.4) is 0 Å². The lowest BCUT2D eigenvalue weighted by Gasteiger charge is -2.11. The number of hydrogen-bond acceptors (Lipinski definition) is 4. The number of carbonyl (C=O) groups excluding carboxylic acids is 1. The highest BCUT2D eigenvalue weighted by molar-refractivity contribution is 6.06. The van der Waals surface area contributed by atoms with Gasteiger partial charge in [0.25, 0.3) is 5.91 Å². The van der Waals surface area contributed by atoms with E-state index < -0.39 is 0 Å². The van der Waals surface area contributed by atoms with Crippen LogP contribution in [0, 0.1) is 0 Å². The molecule has 0 spiro atoms. The Balaban J connectivity index is 1.80. The van der Waals surface area contributed by atoms with E-state index in [1.165, 1.54) is 7.11 Å². The third-order valence-corrected chi connectivity index (χ3v) is 3.55. The van der Waals surface area contributed by atoms with Crippen LogP contribution in [0.1, 0.15) is 10.4 Å². The van der Waals surface area contributed by atoms with Crippen LogP contribution in [0.15, 0.2) is 60.9 Å². The molecule has 3 rings (SSSR count). The largest absolute Gasteiger partial charge is 0.497 e. The molecule has 0 fully saturated rings. The van der Waals surface area contributed by atoms with Crippen molar-refractivity contribution >= 4 is 11.6 Å². The van der Waals surface area contributed by atoms with Gasteiger partial charge in [0.2, 0.25) is 0 Å². The van der Waals surface area contributed by atoms with Crippen LogP contribution in [-0.2, 0) is 0 Å². The fraction of sp³-hybridized carbons (Fsp3) is 0.111. The van der Waals surface area contributed by atoms with Crippen molar-refractivity contribution in [3.05, 3.63) is 66.5 Å². The Morgan fingerprint density at radius 3 is 2.50 bits per heavy atom. The van der Waals surface area contributed by atoms with E-state index in [9.17, 15) is 4.79 Å². The predicted molar refractivity (Wildman–Crippen MR) is 91.1 cm³/mol. The zero-order valence-electron chi connectivity index (χ0n) is 13.4. The van der Waals surface area contributed by atoms with Crippen LogP contribution < -0.4 is 14.8 Å². The fourth-order valence-corrected chi connectivity index (χ4v) is 2.31. The van der Waals surface area contributed by atoms with Crippen LogP contribution in [0.25, 0.3) is 5.69 Å². The number of rotatable bonds is 5. The molecule has 0 radical (unpaired) electrons. The van der Waals surface area contributed by atoms with Gasteiger partial charge in [-0.25, -0.2) is 4.68 Å². The number of methoxy groups -OCH3 is 2. The van der Waals surface area contributed by atoms with E-state index in [0.717, 1.165) is 5.69 Å². The number of aromatic nitrogens is 2. The topological polar surface area (TPSA) is 65.4 Å². The minimum absolute atomic E-state index is 0.266. The average molecular weight is 323 g/mol. The Morgan fingerprint density at radius 1 is 1.08 bits per heavy atom. The molecule has 1 N–H and O–H groups in total. The maximum Gasteiger partial charge on any atom is 0.259 e. The van der Waals surface area contributed by atoms with Crippen LogP contribution in [0.2, 0.25) is 0 Å². The van der Waals surface area contributed by atoms with Gasteiger partial charge in [0, 0.05) is 18.1 Å². The second-order valence-corrected chi connectivity index (χ2v) is 5.02. The van der Waals surface area contributed by atoms with Crippen molar-refractivity contribution in [3.8, 4) is 17.2 Å². The first kappa shape index (κ1) is 15.6. The molecule has 3 aromatic rings. The maximum atomic E-state index is 12.5. The van der Waals surface area contributed by atoms with E-state index in [-0.39, 0.29) is 5.91 Å². The van der Waals surface area contributed by atoms with Crippen LogP contribution in [-0.4, -0.2) is 29.9 Å². The number of ether oxygens (including phenoxy) is 2. The molecule has 0 aliphatic heterocycles. The molecule has 1 heterocycles. The van der Waals surface area contributed by atoms with Crippen LogP contribution >= 0.6 is 0 Å². The van der Waals surface area contributed by atoms with Crippen molar-refractivity contribution in [2.45, 2.75) is 0 Å². The first-order valence-electron chi connectivity index (χ1n) is 7.34. The van der Waals surface area contributed by atoms with Gasteiger partial charge in [0.15, 0.2) is 0 Å². The Hall–Kier alpha value is -3.28. The number of nitrogens with zero attached hydrogens (tertiary/aromatic N) is 2. The zero-order chi connectivity index (χ0) is 16.9. The van der Waals surface area contributed by atoms with Gasteiger partial charge in [0.1, 0.15) is 11.5 Å². The first-order chi connectivity index (χ1) is 11.7. The zero-order valence-corrected chi connectivity index (χ0v) is 13.4. The number of carbonyl (C=O) groups is 1. The number of hydrogen-bond donors (Lipinski definition) is 1. The van der Waals surface area contributed by atoms with Crippen molar-refractivity contribution < 1.29 is 14.3 Å². The van der Waals surface area contributed by atoms with Crippen molar-refractivity contribution in [2.24, 2.45) is 0 Å². The first-order valence-corrected chi connectivity index (χ1v) is 7.34. The molecule has 122 valence electrons. The summed E-state index contributed by atoms with van der Waals surface area (Å²) in [6.07, 6.45) is 3.57. The van der Waals surface area contributed by atoms with Gasteiger partial charge in [-0.1, -0.05) is 0 Å². The van der Waals surface area contributed by atoms with Crippen molar-refractivity contribution in [1.29, 1.82) is 0 Å². The number of anilines is 1. The highest BCUT2D eigenvalue weighted by Crippen LogP contribution is 2.25. The van der Waals surface area contributed by atoms with E-state index in [2.05, 4.69) is 10.4 Å². The molecule has 1 amide bonds. The maximum absolute atomic E-state index is 12.5. The fourth-order valence-electron chi connectivity index (χ4n) is 2.31. The van der Waals surface area contributed by atoms with Gasteiger partial charge in [0.05, 0.1) is 25.5 Å². The molecule has 1 aromatic heterocycles. The standard InChI is InChI=1S/C18H17N3O3/c1-23-15-8-9-17(24-2)16(12-15)18(22)20-13-4-6-14(7-5-13)21-11-3-10-19-21/h3-12H,1-2H3,(H,20,22). The van der Waals surface area contributed by atoms with E-state index in [4.69, 9.17) is 9.47 Å². The van der Waals surface area contributed by atoms with Gasteiger partial charge in [-0.15, -0.1) is 0 Å². The summed E-state index contributed by atoms with van der Waals surface area (Å²) in [6.45, 7) is 0. The Morgan fingerprint density at radius 2 is 1.88 bits per heavy atom. The molecule has 2 aromatic carbocycles. The molecule has 6 nitrogen and oxygen atoms in total. The summed E-state index contributed by atoms with van der Waals surface area (Å²) < 4.78 is 12.2. The molecule has 0 bridgehead atoms. The second-order valence-electron chi connectivity index (χ2n) is 5.02. The van der Waals surface area contributed by atoms with Crippen molar-refractivity contribution in [1.82, 2.24) is 9.78 Å². The predicted octanol–water partition coefficient (Wildman–Crippen LogP) is 3.14. The van der Waals surface area contributed by atoms with Gasteiger partial charge < -0.3 is 14.8 Å². The van der Waals surface area contributed by atoms with E-state index in [0.29, 0.717) is 22.7 Å². The highest BCUT2D eigenvalue weighted by atomic mass is 16.5. The Kier molecular flexibility index (Phi) is 4.47. The molecule has 0 aliphatic rings. The van der Waals surface area contributed by atoms with Gasteiger partial charge in [-0.3, -0.25) is 4.79 Å². The second kappa shape index (κ2) is 6.87. The summed E-state index contributed by atoms with van der Waals surface area (Å²) in [7, 11) is 3.08. The number of amides is 1. The molecule has 24 heavy (non-hydrogen) atoms. The molecule has 0 saturated heterocycles. The lowest BCUT2D eigenvalue weighted by Crippen LogP contribution is -2.13. The van der Waals surface area contributed by atoms with Gasteiger partial charge >= 0.3 is 0 Å². The van der Waals surface area contributed by atoms with Crippen LogP contribution in [0.5, 0.6) is 11.5 Å². The lowest BCUT2D eigenvalue weighted by molar-refractivity contribution is 0.102. The summed E-state index contributed by atoms with van der Waals surface area (Å²) in [6, 6.07) is 14.3. The average Bonchev–Trinajstić information content (AvgIpc) is 3.16. The quantitative estimate of drug-likeness (QED) is 0.783. The Labute approximate surface area is 139 Å². The van der Waals surface area contributed by atoms with Crippen molar-refractivity contribution in [3.63, 3.8) is 0 Å². The smallest absolute Gasteiger partial charge is 0.259 e. The third-order valence-electron chi connectivity index (χ3n) is 3.55. The molecule has 6 heteroatoms. The Bertz CT molecular complexity index is 827. The van der Waals surface area contributed by atoms with Crippen molar-refractivity contribution in [2.75, 3.05) is 19.5 Å². The summed E-state index contributed by atoms with van der Waals surface area (Å²) >= 11 is 0. The summed E-state index contributed by atoms with van der Waals surface area (Å²) in [5, 5.41) is 7.02.